The molecule has 0 N–H and O–H groups in total. The Morgan fingerprint density at radius 2 is 1.86 bits per heavy atom. The summed E-state index contributed by atoms with van der Waals surface area (Å²) in [5, 5.41) is -3.44. The van der Waals surface area contributed by atoms with Crippen molar-refractivity contribution in [2.24, 2.45) is 0 Å². The molecular weight excluding hydrogens is 260 g/mol. The van der Waals surface area contributed by atoms with E-state index in [9.17, 15) is 13.2 Å². The first-order chi connectivity index (χ1) is 6.54. The van der Waals surface area contributed by atoms with Crippen LogP contribution in [-0.4, -0.2) is 20.0 Å². The molecular formula is C9H5F3OSe. The van der Waals surface area contributed by atoms with Crippen LogP contribution < -0.4 is 4.66 Å². The first-order valence-electron chi connectivity index (χ1n) is 3.79. The van der Waals surface area contributed by atoms with Gasteiger partial charge >= 0.3 is 83.6 Å². The molecule has 1 nitrogen and oxygen atoms in total. The van der Waals surface area contributed by atoms with E-state index in [1.807, 2.05) is 0 Å². The molecule has 0 atom stereocenters. The van der Waals surface area contributed by atoms with Crippen molar-refractivity contribution >= 4 is 30.6 Å². The Hall–Kier alpha value is -0.931. The zero-order valence-electron chi connectivity index (χ0n) is 6.84. The van der Waals surface area contributed by atoms with Gasteiger partial charge < -0.3 is 0 Å². The van der Waals surface area contributed by atoms with Gasteiger partial charge in [0.25, 0.3) is 0 Å². The quantitative estimate of drug-likeness (QED) is 0.721. The third-order valence-electron chi connectivity index (χ3n) is 1.62. The van der Waals surface area contributed by atoms with Crippen molar-refractivity contribution in [3.63, 3.8) is 0 Å². The van der Waals surface area contributed by atoms with E-state index in [4.69, 9.17) is 4.42 Å². The first kappa shape index (κ1) is 9.62. The van der Waals surface area contributed by atoms with Crippen LogP contribution in [0.5, 0.6) is 0 Å². The summed E-state index contributed by atoms with van der Waals surface area (Å²) < 4.78 is 41.2. The molecule has 0 radical (unpaired) electrons. The topological polar surface area (TPSA) is 13.1 Å². The van der Waals surface area contributed by atoms with Crippen molar-refractivity contribution in [2.75, 3.05) is 0 Å². The van der Waals surface area contributed by atoms with Gasteiger partial charge in [-0.25, -0.2) is 0 Å². The van der Waals surface area contributed by atoms with Crippen molar-refractivity contribution in [3.8, 4) is 0 Å². The zero-order valence-corrected chi connectivity index (χ0v) is 8.55. The second-order valence-corrected chi connectivity index (χ2v) is 4.89. The zero-order chi connectivity index (χ0) is 10.2. The van der Waals surface area contributed by atoms with E-state index in [0.29, 0.717) is 11.0 Å². The van der Waals surface area contributed by atoms with Gasteiger partial charge in [-0.3, -0.25) is 0 Å². The summed E-state index contributed by atoms with van der Waals surface area (Å²) in [6.45, 7) is 0. The fourth-order valence-corrected chi connectivity index (χ4v) is 2.27. The molecule has 0 amide bonds. The number of furan rings is 1. The van der Waals surface area contributed by atoms with Gasteiger partial charge in [-0.2, -0.15) is 0 Å². The van der Waals surface area contributed by atoms with Gasteiger partial charge in [-0.1, -0.05) is 0 Å². The van der Waals surface area contributed by atoms with Crippen LogP contribution in [-0.2, 0) is 0 Å². The molecule has 0 fully saturated rings. The molecule has 0 unspecified atom stereocenters. The predicted octanol–water partition coefficient (Wildman–Crippen LogP) is 2.28. The van der Waals surface area contributed by atoms with Crippen LogP contribution in [0.3, 0.4) is 0 Å². The Morgan fingerprint density at radius 3 is 2.50 bits per heavy atom. The predicted molar refractivity (Wildman–Crippen MR) is 47.7 cm³/mol. The third-order valence-corrected chi connectivity index (χ3v) is 2.95. The number of para-hydroxylation sites is 1. The maximum absolute atomic E-state index is 12.0. The molecule has 14 heavy (non-hydrogen) atoms. The molecule has 0 spiro atoms. The summed E-state index contributed by atoms with van der Waals surface area (Å²) >= 11 is -1.59. The Bertz CT molecular complexity index is 413. The number of hydrogen-bond acceptors (Lipinski definition) is 1. The fraction of sp³-hybridized carbons (Fsp3) is 0.111. The van der Waals surface area contributed by atoms with Crippen LogP contribution in [0.4, 0.5) is 13.2 Å². The Balaban J connectivity index is 2.36. The van der Waals surface area contributed by atoms with Crippen LogP contribution >= 0.6 is 0 Å². The summed E-state index contributed by atoms with van der Waals surface area (Å²) in [7, 11) is 0. The van der Waals surface area contributed by atoms with E-state index >= 15 is 0 Å². The first-order valence-corrected chi connectivity index (χ1v) is 5.50. The monoisotopic (exact) mass is 266 g/mol. The van der Waals surface area contributed by atoms with Gasteiger partial charge in [-0.05, 0) is 0 Å². The molecule has 2 rings (SSSR count). The van der Waals surface area contributed by atoms with E-state index in [1.54, 1.807) is 24.3 Å². The summed E-state index contributed by atoms with van der Waals surface area (Å²) in [5.74, 6) is 0. The number of halogens is 3. The van der Waals surface area contributed by atoms with E-state index in [1.165, 1.54) is 6.07 Å². The second kappa shape index (κ2) is 3.33. The summed E-state index contributed by atoms with van der Waals surface area (Å²) in [6.07, 6.45) is 0. The fourth-order valence-electron chi connectivity index (χ4n) is 1.12. The average Bonchev–Trinajstić information content (AvgIpc) is 2.42. The normalized spacial score (nSPS) is 12.2. The average molecular weight is 265 g/mol. The van der Waals surface area contributed by atoms with Gasteiger partial charge in [0.2, 0.25) is 0 Å². The van der Waals surface area contributed by atoms with Crippen molar-refractivity contribution in [3.05, 3.63) is 30.3 Å². The van der Waals surface area contributed by atoms with Crippen molar-refractivity contribution < 1.29 is 17.6 Å². The third kappa shape index (κ3) is 2.11. The Morgan fingerprint density at radius 1 is 1.14 bits per heavy atom. The summed E-state index contributed by atoms with van der Waals surface area (Å²) in [6, 6.07) is 8.33. The molecule has 0 aliphatic rings. The minimum absolute atomic E-state index is 0.0196. The maximum atomic E-state index is 12.0. The molecule has 74 valence electrons. The van der Waals surface area contributed by atoms with E-state index < -0.39 is 20.0 Å². The van der Waals surface area contributed by atoms with Crippen molar-refractivity contribution in [1.82, 2.24) is 0 Å². The van der Waals surface area contributed by atoms with Crippen LogP contribution in [0.15, 0.2) is 34.7 Å². The molecule has 0 aliphatic heterocycles. The van der Waals surface area contributed by atoms with Crippen LogP contribution in [0.25, 0.3) is 11.0 Å². The van der Waals surface area contributed by atoms with E-state index in [2.05, 4.69) is 0 Å². The summed E-state index contributed by atoms with van der Waals surface area (Å²) in [5.41, 5.74) is 0.508. The molecule has 1 aromatic carbocycles. The number of hydrogen-bond donors (Lipinski definition) is 0. The van der Waals surface area contributed by atoms with Gasteiger partial charge in [0.15, 0.2) is 0 Å². The standard InChI is InChI=1S/C9H5F3OSe/c10-9(11,12)14-8-5-6-3-1-2-4-7(6)13-8/h1-5H. The van der Waals surface area contributed by atoms with Gasteiger partial charge in [-0.15, -0.1) is 0 Å². The molecule has 1 aromatic heterocycles. The van der Waals surface area contributed by atoms with Gasteiger partial charge in [0.05, 0.1) is 0 Å². The number of fused-ring (bicyclic) bond motifs is 1. The van der Waals surface area contributed by atoms with E-state index in [-0.39, 0.29) is 4.66 Å². The molecule has 0 saturated heterocycles. The summed E-state index contributed by atoms with van der Waals surface area (Å²) in [4.78, 5) is 0. The number of rotatable bonds is 1. The molecule has 0 bridgehead atoms. The second-order valence-electron chi connectivity index (χ2n) is 2.65. The van der Waals surface area contributed by atoms with Crippen molar-refractivity contribution in [1.29, 1.82) is 0 Å². The molecule has 0 aliphatic carbocycles. The molecule has 5 heteroatoms. The number of benzene rings is 1. The van der Waals surface area contributed by atoms with Crippen LogP contribution in [0.2, 0.25) is 0 Å². The van der Waals surface area contributed by atoms with Crippen molar-refractivity contribution in [2.45, 2.75) is 5.07 Å². The number of alkyl halides is 3. The molecule has 1 heterocycles. The van der Waals surface area contributed by atoms with Gasteiger partial charge in [0.1, 0.15) is 0 Å². The molecule has 2 aromatic rings. The van der Waals surface area contributed by atoms with Gasteiger partial charge in [0, 0.05) is 0 Å². The van der Waals surface area contributed by atoms with Crippen LogP contribution in [0, 0.1) is 0 Å². The van der Waals surface area contributed by atoms with Crippen LogP contribution in [0.1, 0.15) is 0 Å². The minimum atomic E-state index is -4.15. The Labute approximate surface area is 84.0 Å². The SMILES string of the molecule is FC(F)(F)[Se]c1cc2ccccc2o1. The van der Waals surface area contributed by atoms with E-state index in [0.717, 1.165) is 0 Å². The Kier molecular flexibility index (Phi) is 2.29. The molecule has 0 saturated carbocycles.